The van der Waals surface area contributed by atoms with Gasteiger partial charge in [0, 0.05) is 5.56 Å². The highest BCUT2D eigenvalue weighted by Gasteiger charge is 2.24. The van der Waals surface area contributed by atoms with E-state index in [0.717, 1.165) is 6.07 Å². The summed E-state index contributed by atoms with van der Waals surface area (Å²) >= 11 is 0. The van der Waals surface area contributed by atoms with Crippen molar-refractivity contribution in [1.82, 2.24) is 0 Å². The molecule has 92 valence electrons. The number of carbonyl (C=O) groups excluding carboxylic acids is 1. The molecule has 1 aromatic carbocycles. The molecule has 0 amide bonds. The molecule has 1 fully saturated rings. The number of benzene rings is 1. The van der Waals surface area contributed by atoms with Gasteiger partial charge in [0.25, 0.3) is 0 Å². The number of epoxide rings is 1. The minimum absolute atomic E-state index is 0.0826. The smallest absolute Gasteiger partial charge is 0.338 e. The summed E-state index contributed by atoms with van der Waals surface area (Å²) < 4.78 is 28.5. The van der Waals surface area contributed by atoms with Crippen molar-refractivity contribution in [2.75, 3.05) is 20.3 Å². The van der Waals surface area contributed by atoms with Gasteiger partial charge in [0.15, 0.2) is 0 Å². The van der Waals surface area contributed by atoms with Gasteiger partial charge in [-0.05, 0) is 19.1 Å². The molecule has 1 saturated heterocycles. The Morgan fingerprint density at radius 1 is 1.59 bits per heavy atom. The fourth-order valence-electron chi connectivity index (χ4n) is 1.39. The molecule has 1 aliphatic rings. The lowest BCUT2D eigenvalue weighted by Crippen LogP contribution is -2.08. The van der Waals surface area contributed by atoms with Crippen molar-refractivity contribution >= 4 is 5.97 Å². The van der Waals surface area contributed by atoms with E-state index in [1.54, 1.807) is 6.92 Å². The van der Waals surface area contributed by atoms with Crippen molar-refractivity contribution in [3.63, 3.8) is 0 Å². The van der Waals surface area contributed by atoms with E-state index in [9.17, 15) is 9.18 Å². The summed E-state index contributed by atoms with van der Waals surface area (Å²) in [6, 6.07) is 2.62. The zero-order valence-electron chi connectivity index (χ0n) is 9.66. The fourth-order valence-corrected chi connectivity index (χ4v) is 1.39. The molecule has 0 aromatic heterocycles. The predicted octanol–water partition coefficient (Wildman–Crippen LogP) is 1.70. The van der Waals surface area contributed by atoms with Gasteiger partial charge in [0.05, 0.1) is 19.3 Å². The lowest BCUT2D eigenvalue weighted by Gasteiger charge is -2.10. The molecule has 0 saturated carbocycles. The maximum Gasteiger partial charge on any atom is 0.338 e. The first-order chi connectivity index (χ1) is 8.11. The maximum atomic E-state index is 13.6. The number of ether oxygens (including phenoxy) is 3. The molecule has 4 nitrogen and oxygen atoms in total. The predicted molar refractivity (Wildman–Crippen MR) is 57.7 cm³/mol. The van der Waals surface area contributed by atoms with Crippen LogP contribution in [0.5, 0.6) is 5.75 Å². The number of hydrogen-bond donors (Lipinski definition) is 0. The monoisotopic (exact) mass is 240 g/mol. The van der Waals surface area contributed by atoms with E-state index in [1.165, 1.54) is 13.2 Å². The van der Waals surface area contributed by atoms with Crippen LogP contribution in [0, 0.1) is 12.7 Å². The molecule has 1 unspecified atom stereocenters. The van der Waals surface area contributed by atoms with Crippen LogP contribution in [-0.2, 0) is 9.47 Å². The Hall–Kier alpha value is -1.62. The lowest BCUT2D eigenvalue weighted by molar-refractivity contribution is 0.0599. The first kappa shape index (κ1) is 11.9. The average molecular weight is 240 g/mol. The highest BCUT2D eigenvalue weighted by atomic mass is 19.1. The Kier molecular flexibility index (Phi) is 3.28. The normalized spacial score (nSPS) is 17.7. The molecule has 17 heavy (non-hydrogen) atoms. The largest absolute Gasteiger partial charge is 0.490 e. The number of hydrogen-bond acceptors (Lipinski definition) is 4. The topological polar surface area (TPSA) is 48.1 Å². The Balaban J connectivity index is 2.21. The van der Waals surface area contributed by atoms with Gasteiger partial charge in [-0.2, -0.15) is 0 Å². The van der Waals surface area contributed by atoms with E-state index >= 15 is 0 Å². The second-order valence-corrected chi connectivity index (χ2v) is 3.84. The van der Waals surface area contributed by atoms with Crippen LogP contribution in [-0.4, -0.2) is 32.4 Å². The van der Waals surface area contributed by atoms with Crippen molar-refractivity contribution < 1.29 is 23.4 Å². The summed E-state index contributed by atoms with van der Waals surface area (Å²) in [4.78, 5) is 11.3. The van der Waals surface area contributed by atoms with E-state index in [4.69, 9.17) is 9.47 Å². The molecular weight excluding hydrogens is 227 g/mol. The quantitative estimate of drug-likeness (QED) is 0.593. The van der Waals surface area contributed by atoms with Crippen molar-refractivity contribution in [3.05, 3.63) is 29.1 Å². The minimum Gasteiger partial charge on any atom is -0.490 e. The van der Waals surface area contributed by atoms with Gasteiger partial charge in [-0.15, -0.1) is 0 Å². The Morgan fingerprint density at radius 2 is 2.29 bits per heavy atom. The van der Waals surface area contributed by atoms with E-state index in [1.807, 2.05) is 0 Å². The number of esters is 1. The Labute approximate surface area is 98.3 Å². The molecule has 0 bridgehead atoms. The third-order valence-corrected chi connectivity index (χ3v) is 2.54. The molecule has 0 spiro atoms. The second-order valence-electron chi connectivity index (χ2n) is 3.84. The van der Waals surface area contributed by atoms with Gasteiger partial charge in [-0.1, -0.05) is 0 Å². The Morgan fingerprint density at radius 3 is 2.88 bits per heavy atom. The molecule has 2 rings (SSSR count). The van der Waals surface area contributed by atoms with Crippen LogP contribution in [0.25, 0.3) is 0 Å². The molecule has 0 aliphatic carbocycles. The van der Waals surface area contributed by atoms with Crippen LogP contribution in [0.4, 0.5) is 4.39 Å². The molecule has 1 heterocycles. The summed E-state index contributed by atoms with van der Waals surface area (Å²) in [6.45, 7) is 2.63. The first-order valence-corrected chi connectivity index (χ1v) is 5.24. The number of halogens is 1. The second kappa shape index (κ2) is 4.71. The summed E-state index contributed by atoms with van der Waals surface area (Å²) in [5.41, 5.74) is 0.514. The van der Waals surface area contributed by atoms with Gasteiger partial charge in [0.1, 0.15) is 24.3 Å². The lowest BCUT2D eigenvalue weighted by atomic mass is 10.1. The van der Waals surface area contributed by atoms with Crippen LogP contribution in [0.15, 0.2) is 12.1 Å². The van der Waals surface area contributed by atoms with Crippen molar-refractivity contribution in [3.8, 4) is 5.75 Å². The van der Waals surface area contributed by atoms with Crippen molar-refractivity contribution in [1.29, 1.82) is 0 Å². The number of methoxy groups -OCH3 is 1. The summed E-state index contributed by atoms with van der Waals surface area (Å²) in [5, 5.41) is 0. The molecule has 1 aliphatic heterocycles. The van der Waals surface area contributed by atoms with Gasteiger partial charge in [-0.3, -0.25) is 0 Å². The maximum absolute atomic E-state index is 13.6. The standard InChI is InChI=1S/C12H13FO4/c1-7-10(13)3-8(12(14)15-2)4-11(7)17-6-9-5-16-9/h3-4,9H,5-6H2,1-2H3. The summed E-state index contributed by atoms with van der Waals surface area (Å²) in [6.07, 6.45) is 0.0826. The molecular formula is C12H13FO4. The van der Waals surface area contributed by atoms with E-state index in [0.29, 0.717) is 24.5 Å². The third kappa shape index (κ3) is 2.74. The van der Waals surface area contributed by atoms with Gasteiger partial charge >= 0.3 is 5.97 Å². The van der Waals surface area contributed by atoms with Crippen LogP contribution in [0.2, 0.25) is 0 Å². The summed E-state index contributed by atoms with van der Waals surface area (Å²) in [5.74, 6) is -0.725. The fraction of sp³-hybridized carbons (Fsp3) is 0.417. The highest BCUT2D eigenvalue weighted by Crippen LogP contribution is 2.24. The van der Waals surface area contributed by atoms with E-state index in [-0.39, 0.29) is 11.7 Å². The zero-order valence-corrected chi connectivity index (χ0v) is 9.66. The van der Waals surface area contributed by atoms with Crippen molar-refractivity contribution in [2.24, 2.45) is 0 Å². The average Bonchev–Trinajstić information content (AvgIpc) is 3.13. The zero-order chi connectivity index (χ0) is 12.4. The third-order valence-electron chi connectivity index (χ3n) is 2.54. The first-order valence-electron chi connectivity index (χ1n) is 5.24. The highest BCUT2D eigenvalue weighted by molar-refractivity contribution is 5.90. The minimum atomic E-state index is -0.587. The molecule has 5 heteroatoms. The van der Waals surface area contributed by atoms with Crippen molar-refractivity contribution in [2.45, 2.75) is 13.0 Å². The van der Waals surface area contributed by atoms with Crippen LogP contribution in [0.1, 0.15) is 15.9 Å². The van der Waals surface area contributed by atoms with E-state index in [2.05, 4.69) is 4.74 Å². The van der Waals surface area contributed by atoms with Gasteiger partial charge < -0.3 is 14.2 Å². The number of carbonyl (C=O) groups is 1. The summed E-state index contributed by atoms with van der Waals surface area (Å²) in [7, 11) is 1.25. The number of rotatable bonds is 4. The van der Waals surface area contributed by atoms with Crippen LogP contribution >= 0.6 is 0 Å². The molecule has 1 atom stereocenters. The molecule has 1 aromatic rings. The molecule has 0 radical (unpaired) electrons. The van der Waals surface area contributed by atoms with Gasteiger partial charge in [-0.25, -0.2) is 9.18 Å². The SMILES string of the molecule is COC(=O)c1cc(F)c(C)c(OCC2CO2)c1. The van der Waals surface area contributed by atoms with E-state index < -0.39 is 11.8 Å². The Bertz CT molecular complexity index is 440. The van der Waals surface area contributed by atoms with Crippen LogP contribution in [0.3, 0.4) is 0 Å². The molecule has 0 N–H and O–H groups in total. The van der Waals surface area contributed by atoms with Gasteiger partial charge in [0.2, 0.25) is 0 Å². The van der Waals surface area contributed by atoms with Crippen LogP contribution < -0.4 is 4.74 Å².